The Morgan fingerprint density at radius 1 is 0.929 bits per heavy atom. The van der Waals surface area contributed by atoms with Crippen LogP contribution in [0.15, 0.2) is 40.6 Å². The molecule has 1 spiro atoms. The first-order valence-electron chi connectivity index (χ1n) is 10.3. The van der Waals surface area contributed by atoms with E-state index in [9.17, 15) is 0 Å². The molecule has 0 aromatic carbocycles. The molecule has 0 unspecified atom stereocenters. The van der Waals surface area contributed by atoms with E-state index in [1.807, 2.05) is 24.8 Å². The van der Waals surface area contributed by atoms with Gasteiger partial charge in [-0.05, 0) is 56.6 Å². The maximum Gasteiger partial charge on any atom is 0.211 e. The summed E-state index contributed by atoms with van der Waals surface area (Å²) in [5, 5.41) is 0. The number of aromatic nitrogens is 4. The highest BCUT2D eigenvalue weighted by molar-refractivity contribution is 7.99. The fourth-order valence-corrected chi connectivity index (χ4v) is 5.86. The van der Waals surface area contributed by atoms with Crippen molar-refractivity contribution in [2.75, 3.05) is 18.0 Å². The summed E-state index contributed by atoms with van der Waals surface area (Å²) in [7, 11) is 0. The molecule has 1 saturated carbocycles. The quantitative estimate of drug-likeness (QED) is 0.623. The maximum atomic E-state index is 4.88. The number of imidazole rings is 1. The minimum absolute atomic E-state index is 0.622. The van der Waals surface area contributed by atoms with Crippen LogP contribution in [0.1, 0.15) is 49.8 Å². The number of piperidine rings is 1. The summed E-state index contributed by atoms with van der Waals surface area (Å²) in [6.45, 7) is 6.39. The Labute approximate surface area is 170 Å². The molecule has 1 aliphatic heterocycles. The van der Waals surface area contributed by atoms with Gasteiger partial charge in [-0.15, -0.1) is 0 Å². The van der Waals surface area contributed by atoms with E-state index >= 15 is 0 Å². The highest BCUT2D eigenvalue weighted by atomic mass is 32.2. The lowest BCUT2D eigenvalue weighted by molar-refractivity contribution is 0.225. The monoisotopic (exact) mass is 393 g/mol. The summed E-state index contributed by atoms with van der Waals surface area (Å²) in [6.07, 6.45) is 16.1. The van der Waals surface area contributed by atoms with E-state index in [4.69, 9.17) is 4.98 Å². The first kappa shape index (κ1) is 18.0. The Balaban J connectivity index is 1.43. The lowest BCUT2D eigenvalue weighted by Crippen LogP contribution is -2.40. The highest BCUT2D eigenvalue weighted by Gasteiger charge is 2.37. The van der Waals surface area contributed by atoms with Gasteiger partial charge in [0, 0.05) is 48.5 Å². The van der Waals surface area contributed by atoms with E-state index < -0.39 is 0 Å². The van der Waals surface area contributed by atoms with Gasteiger partial charge in [-0.25, -0.2) is 9.97 Å². The zero-order valence-electron chi connectivity index (χ0n) is 16.7. The van der Waals surface area contributed by atoms with E-state index in [2.05, 4.69) is 39.2 Å². The molecule has 0 radical (unpaired) electrons. The predicted molar refractivity (Wildman–Crippen MR) is 113 cm³/mol. The molecule has 6 heteroatoms. The summed E-state index contributed by atoms with van der Waals surface area (Å²) in [4.78, 5) is 18.7. The van der Waals surface area contributed by atoms with Crippen LogP contribution in [0.3, 0.4) is 0 Å². The standard InChI is InChI=1S/C22H27N5S/c1-16-17(2)23-10-5-18(16)28-19-15-25-21(27-14-11-24-20(19)27)26-12-8-22(9-13-26)6-3-4-7-22/h5,10-11,14-15H,3-4,6-9,12-13H2,1-2H3. The molecular formula is C22H27N5S. The summed E-state index contributed by atoms with van der Waals surface area (Å²) in [5.74, 6) is 1.03. The number of hydrogen-bond acceptors (Lipinski definition) is 5. The molecule has 3 aromatic heterocycles. The minimum Gasteiger partial charge on any atom is -0.342 e. The second kappa shape index (κ2) is 7.07. The molecule has 146 valence electrons. The number of anilines is 1. The van der Waals surface area contributed by atoms with Gasteiger partial charge in [0.05, 0.1) is 4.90 Å². The Bertz CT molecular complexity index is 995. The van der Waals surface area contributed by atoms with E-state index in [1.165, 1.54) is 49.0 Å². The van der Waals surface area contributed by atoms with Crippen molar-refractivity contribution in [3.63, 3.8) is 0 Å². The van der Waals surface area contributed by atoms with Gasteiger partial charge in [-0.3, -0.25) is 9.38 Å². The molecule has 0 N–H and O–H groups in total. The Kier molecular flexibility index (Phi) is 4.54. The van der Waals surface area contributed by atoms with Crippen LogP contribution >= 0.6 is 11.8 Å². The van der Waals surface area contributed by atoms with Crippen molar-refractivity contribution in [3.05, 3.63) is 42.1 Å². The molecular weight excluding hydrogens is 366 g/mol. The van der Waals surface area contributed by atoms with E-state index in [0.29, 0.717) is 5.41 Å². The van der Waals surface area contributed by atoms with Gasteiger partial charge in [0.1, 0.15) is 0 Å². The zero-order valence-corrected chi connectivity index (χ0v) is 17.5. The molecule has 28 heavy (non-hydrogen) atoms. The predicted octanol–water partition coefficient (Wildman–Crippen LogP) is 5.05. The van der Waals surface area contributed by atoms with Crippen LogP contribution in [0.25, 0.3) is 5.65 Å². The summed E-state index contributed by atoms with van der Waals surface area (Å²) < 4.78 is 2.17. The second-order valence-electron chi connectivity index (χ2n) is 8.36. The van der Waals surface area contributed by atoms with Crippen LogP contribution in [0.5, 0.6) is 0 Å². The lowest BCUT2D eigenvalue weighted by atomic mass is 9.77. The van der Waals surface area contributed by atoms with Crippen LogP contribution in [0.4, 0.5) is 5.95 Å². The van der Waals surface area contributed by atoms with Crippen molar-refractivity contribution in [3.8, 4) is 0 Å². The third-order valence-corrected chi connectivity index (χ3v) is 7.94. The third kappa shape index (κ3) is 3.08. The molecule has 4 heterocycles. The molecule has 3 aromatic rings. The molecule has 1 saturated heterocycles. The van der Waals surface area contributed by atoms with Crippen LogP contribution in [-0.4, -0.2) is 32.4 Å². The number of pyridine rings is 1. The smallest absolute Gasteiger partial charge is 0.211 e. The SMILES string of the molecule is Cc1nccc(Sc2cnc(N3CCC4(CCCC4)CC3)n3ccnc23)c1C. The molecule has 0 atom stereocenters. The van der Waals surface area contributed by atoms with E-state index in [1.54, 1.807) is 11.8 Å². The molecule has 2 fully saturated rings. The highest BCUT2D eigenvalue weighted by Crippen LogP contribution is 2.46. The van der Waals surface area contributed by atoms with Crippen molar-refractivity contribution in [1.82, 2.24) is 19.4 Å². The minimum atomic E-state index is 0.622. The third-order valence-electron chi connectivity index (χ3n) is 6.77. The first-order chi connectivity index (χ1) is 13.7. The molecule has 2 aliphatic rings. The largest absolute Gasteiger partial charge is 0.342 e. The Hall–Kier alpha value is -2.08. The lowest BCUT2D eigenvalue weighted by Gasteiger charge is -2.39. The zero-order chi connectivity index (χ0) is 19.1. The normalized spacial score (nSPS) is 19.0. The van der Waals surface area contributed by atoms with Crippen molar-refractivity contribution in [2.45, 2.75) is 62.2 Å². The van der Waals surface area contributed by atoms with Crippen LogP contribution < -0.4 is 4.90 Å². The van der Waals surface area contributed by atoms with E-state index in [0.717, 1.165) is 35.3 Å². The van der Waals surface area contributed by atoms with Gasteiger partial charge in [0.2, 0.25) is 5.95 Å². The van der Waals surface area contributed by atoms with Crippen molar-refractivity contribution in [2.24, 2.45) is 5.41 Å². The number of rotatable bonds is 3. The maximum absolute atomic E-state index is 4.88. The van der Waals surface area contributed by atoms with Crippen LogP contribution in [0.2, 0.25) is 0 Å². The first-order valence-corrected chi connectivity index (χ1v) is 11.1. The Morgan fingerprint density at radius 3 is 2.50 bits per heavy atom. The van der Waals surface area contributed by atoms with Gasteiger partial charge in [0.25, 0.3) is 0 Å². The number of fused-ring (bicyclic) bond motifs is 1. The van der Waals surface area contributed by atoms with Crippen molar-refractivity contribution < 1.29 is 0 Å². The summed E-state index contributed by atoms with van der Waals surface area (Å²) in [6, 6.07) is 2.08. The number of nitrogens with zero attached hydrogens (tertiary/aromatic N) is 5. The fourth-order valence-electron chi connectivity index (χ4n) is 4.84. The number of hydrogen-bond donors (Lipinski definition) is 0. The van der Waals surface area contributed by atoms with Crippen molar-refractivity contribution in [1.29, 1.82) is 0 Å². The summed E-state index contributed by atoms with van der Waals surface area (Å²) in [5.41, 5.74) is 3.91. The number of aryl methyl sites for hydroxylation is 1. The molecule has 5 nitrogen and oxygen atoms in total. The fraction of sp³-hybridized carbons (Fsp3) is 0.500. The topological polar surface area (TPSA) is 46.3 Å². The average Bonchev–Trinajstić information content (AvgIpc) is 3.37. The average molecular weight is 394 g/mol. The van der Waals surface area contributed by atoms with Gasteiger partial charge in [-0.1, -0.05) is 24.6 Å². The van der Waals surface area contributed by atoms with Gasteiger partial charge >= 0.3 is 0 Å². The van der Waals surface area contributed by atoms with Crippen LogP contribution in [-0.2, 0) is 0 Å². The second-order valence-corrected chi connectivity index (χ2v) is 9.44. The molecule has 0 amide bonds. The van der Waals surface area contributed by atoms with Crippen molar-refractivity contribution >= 4 is 23.4 Å². The molecule has 5 rings (SSSR count). The van der Waals surface area contributed by atoms with Gasteiger partial charge in [-0.2, -0.15) is 0 Å². The summed E-state index contributed by atoms with van der Waals surface area (Å²) >= 11 is 1.73. The van der Waals surface area contributed by atoms with E-state index in [-0.39, 0.29) is 0 Å². The Morgan fingerprint density at radius 2 is 1.71 bits per heavy atom. The molecule has 0 bridgehead atoms. The van der Waals surface area contributed by atoms with Crippen LogP contribution in [0, 0.1) is 19.3 Å². The van der Waals surface area contributed by atoms with Gasteiger partial charge < -0.3 is 4.90 Å². The molecule has 1 aliphatic carbocycles. The van der Waals surface area contributed by atoms with Gasteiger partial charge in [0.15, 0.2) is 5.65 Å².